The van der Waals surface area contributed by atoms with E-state index in [4.69, 9.17) is 4.74 Å². The van der Waals surface area contributed by atoms with Crippen LogP contribution in [0.4, 0.5) is 10.1 Å². The van der Waals surface area contributed by atoms with Crippen molar-refractivity contribution in [3.8, 4) is 0 Å². The van der Waals surface area contributed by atoms with Crippen LogP contribution in [0.15, 0.2) is 48.5 Å². The van der Waals surface area contributed by atoms with Gasteiger partial charge in [-0.3, -0.25) is 4.79 Å². The first-order chi connectivity index (χ1) is 10.0. The van der Waals surface area contributed by atoms with Gasteiger partial charge in [0.2, 0.25) is 0 Å². The first-order valence-electron chi connectivity index (χ1n) is 6.03. The highest BCUT2D eigenvalue weighted by molar-refractivity contribution is 14.1. The SMILES string of the molecule is O=C(COC(=O)c1cccc(I)c1)Nc1cccc(F)c1. The summed E-state index contributed by atoms with van der Waals surface area (Å²) in [5.74, 6) is -1.56. The number of esters is 1. The van der Waals surface area contributed by atoms with Crippen molar-refractivity contribution >= 4 is 40.2 Å². The molecule has 0 aliphatic heterocycles. The topological polar surface area (TPSA) is 55.4 Å². The summed E-state index contributed by atoms with van der Waals surface area (Å²) in [6.45, 7) is -0.430. The van der Waals surface area contributed by atoms with Gasteiger partial charge in [-0.15, -0.1) is 0 Å². The van der Waals surface area contributed by atoms with Gasteiger partial charge in [0, 0.05) is 9.26 Å². The Morgan fingerprint density at radius 2 is 1.90 bits per heavy atom. The second-order valence-corrected chi connectivity index (χ2v) is 5.39. The van der Waals surface area contributed by atoms with E-state index in [0.29, 0.717) is 11.3 Å². The van der Waals surface area contributed by atoms with Crippen molar-refractivity contribution in [1.29, 1.82) is 0 Å². The predicted molar refractivity (Wildman–Crippen MR) is 84.5 cm³/mol. The summed E-state index contributed by atoms with van der Waals surface area (Å²) in [7, 11) is 0. The van der Waals surface area contributed by atoms with Gasteiger partial charge < -0.3 is 10.1 Å². The van der Waals surface area contributed by atoms with Crippen molar-refractivity contribution in [2.45, 2.75) is 0 Å². The summed E-state index contributed by atoms with van der Waals surface area (Å²) in [6.07, 6.45) is 0. The molecule has 0 aliphatic rings. The molecule has 2 aromatic rings. The van der Waals surface area contributed by atoms with Crippen LogP contribution in [0.3, 0.4) is 0 Å². The van der Waals surface area contributed by atoms with Crippen LogP contribution in [-0.2, 0) is 9.53 Å². The Bertz CT molecular complexity index is 675. The Kier molecular flexibility index (Phi) is 5.26. The Balaban J connectivity index is 1.88. The second kappa shape index (κ2) is 7.16. The molecule has 2 rings (SSSR count). The molecule has 0 saturated carbocycles. The number of carbonyl (C=O) groups is 2. The molecule has 0 aliphatic carbocycles. The second-order valence-electron chi connectivity index (χ2n) is 4.15. The zero-order valence-corrected chi connectivity index (χ0v) is 13.0. The predicted octanol–water partition coefficient (Wildman–Crippen LogP) is 3.23. The van der Waals surface area contributed by atoms with E-state index in [1.807, 2.05) is 6.07 Å². The average molecular weight is 399 g/mol. The van der Waals surface area contributed by atoms with Crippen molar-refractivity contribution < 1.29 is 18.7 Å². The highest BCUT2D eigenvalue weighted by Gasteiger charge is 2.10. The Hall–Kier alpha value is -1.96. The molecule has 0 bridgehead atoms. The largest absolute Gasteiger partial charge is 0.452 e. The molecule has 0 heterocycles. The summed E-state index contributed by atoms with van der Waals surface area (Å²) in [5, 5.41) is 2.44. The maximum Gasteiger partial charge on any atom is 0.338 e. The van der Waals surface area contributed by atoms with Gasteiger partial charge >= 0.3 is 5.97 Å². The van der Waals surface area contributed by atoms with E-state index in [9.17, 15) is 14.0 Å². The van der Waals surface area contributed by atoms with E-state index in [-0.39, 0.29) is 0 Å². The van der Waals surface area contributed by atoms with Crippen LogP contribution in [0.1, 0.15) is 10.4 Å². The molecule has 2 aromatic carbocycles. The number of hydrogen-bond donors (Lipinski definition) is 1. The molecule has 108 valence electrons. The number of ether oxygens (including phenoxy) is 1. The number of nitrogens with one attached hydrogen (secondary N) is 1. The standard InChI is InChI=1S/C15H11FINO3/c16-11-4-2-6-13(8-11)18-14(19)9-21-15(20)10-3-1-5-12(17)7-10/h1-8H,9H2,(H,18,19). The summed E-state index contributed by atoms with van der Waals surface area (Å²) >= 11 is 2.08. The van der Waals surface area contributed by atoms with Crippen LogP contribution in [0.2, 0.25) is 0 Å². The quantitative estimate of drug-likeness (QED) is 0.635. The summed E-state index contributed by atoms with van der Waals surface area (Å²) in [4.78, 5) is 23.4. The maximum absolute atomic E-state index is 13.0. The van der Waals surface area contributed by atoms with Gasteiger partial charge in [0.1, 0.15) is 5.82 Å². The van der Waals surface area contributed by atoms with E-state index < -0.39 is 24.3 Å². The molecule has 21 heavy (non-hydrogen) atoms. The smallest absolute Gasteiger partial charge is 0.338 e. The van der Waals surface area contributed by atoms with E-state index in [0.717, 1.165) is 3.57 Å². The van der Waals surface area contributed by atoms with Gasteiger partial charge in [0.25, 0.3) is 5.91 Å². The van der Waals surface area contributed by atoms with Gasteiger partial charge in [-0.2, -0.15) is 0 Å². The molecule has 1 N–H and O–H groups in total. The monoisotopic (exact) mass is 399 g/mol. The van der Waals surface area contributed by atoms with Crippen LogP contribution < -0.4 is 5.32 Å². The van der Waals surface area contributed by atoms with Crippen molar-refractivity contribution in [3.05, 3.63) is 63.5 Å². The molecule has 0 unspecified atom stereocenters. The number of carbonyl (C=O) groups excluding carboxylic acids is 2. The van der Waals surface area contributed by atoms with E-state index in [1.54, 1.807) is 24.3 Å². The lowest BCUT2D eigenvalue weighted by Gasteiger charge is -2.07. The van der Waals surface area contributed by atoms with Gasteiger partial charge in [0.15, 0.2) is 6.61 Å². The minimum absolute atomic E-state index is 0.310. The lowest BCUT2D eigenvalue weighted by Crippen LogP contribution is -2.21. The van der Waals surface area contributed by atoms with Gasteiger partial charge in [-0.1, -0.05) is 12.1 Å². The molecular formula is C15H11FINO3. The number of anilines is 1. The number of benzene rings is 2. The summed E-state index contributed by atoms with van der Waals surface area (Å²) in [6, 6.07) is 12.3. The van der Waals surface area contributed by atoms with Crippen LogP contribution in [0, 0.1) is 9.39 Å². The molecule has 0 atom stereocenters. The molecule has 0 fully saturated rings. The van der Waals surface area contributed by atoms with Crippen molar-refractivity contribution in [3.63, 3.8) is 0 Å². The van der Waals surface area contributed by atoms with Gasteiger partial charge in [0.05, 0.1) is 5.56 Å². The van der Waals surface area contributed by atoms with Crippen LogP contribution in [0.25, 0.3) is 0 Å². The van der Waals surface area contributed by atoms with Crippen LogP contribution >= 0.6 is 22.6 Å². The first kappa shape index (κ1) is 15.4. The Morgan fingerprint density at radius 1 is 1.14 bits per heavy atom. The number of halogens is 2. The Labute approximate surface area is 134 Å². The summed E-state index contributed by atoms with van der Waals surface area (Å²) < 4.78 is 18.7. The minimum atomic E-state index is -0.581. The lowest BCUT2D eigenvalue weighted by molar-refractivity contribution is -0.119. The molecule has 0 radical (unpaired) electrons. The van der Waals surface area contributed by atoms with Crippen molar-refractivity contribution in [2.24, 2.45) is 0 Å². The number of amides is 1. The molecule has 6 heteroatoms. The number of rotatable bonds is 4. The van der Waals surface area contributed by atoms with Gasteiger partial charge in [-0.05, 0) is 59.0 Å². The third kappa shape index (κ3) is 4.82. The third-order valence-electron chi connectivity index (χ3n) is 2.50. The highest BCUT2D eigenvalue weighted by atomic mass is 127. The molecule has 0 aromatic heterocycles. The zero-order chi connectivity index (χ0) is 15.2. The third-order valence-corrected chi connectivity index (χ3v) is 3.17. The lowest BCUT2D eigenvalue weighted by atomic mass is 10.2. The minimum Gasteiger partial charge on any atom is -0.452 e. The molecule has 0 spiro atoms. The highest BCUT2D eigenvalue weighted by Crippen LogP contribution is 2.10. The fourth-order valence-corrected chi connectivity index (χ4v) is 2.14. The van der Waals surface area contributed by atoms with Crippen LogP contribution in [0.5, 0.6) is 0 Å². The van der Waals surface area contributed by atoms with E-state index >= 15 is 0 Å². The van der Waals surface area contributed by atoms with Crippen molar-refractivity contribution in [1.82, 2.24) is 0 Å². The normalized spacial score (nSPS) is 10.0. The average Bonchev–Trinajstić information content (AvgIpc) is 2.45. The fraction of sp³-hybridized carbons (Fsp3) is 0.0667. The number of hydrogen-bond acceptors (Lipinski definition) is 3. The molecule has 4 nitrogen and oxygen atoms in total. The van der Waals surface area contributed by atoms with E-state index in [1.165, 1.54) is 18.2 Å². The molecule has 0 saturated heterocycles. The zero-order valence-electron chi connectivity index (χ0n) is 10.8. The van der Waals surface area contributed by atoms with Gasteiger partial charge in [-0.25, -0.2) is 9.18 Å². The first-order valence-corrected chi connectivity index (χ1v) is 7.10. The maximum atomic E-state index is 13.0. The summed E-state index contributed by atoms with van der Waals surface area (Å²) in [5.41, 5.74) is 0.686. The van der Waals surface area contributed by atoms with E-state index in [2.05, 4.69) is 27.9 Å². The molecular weight excluding hydrogens is 388 g/mol. The molecule has 1 amide bonds. The Morgan fingerprint density at radius 3 is 2.62 bits per heavy atom. The fourth-order valence-electron chi connectivity index (χ4n) is 1.59. The van der Waals surface area contributed by atoms with Crippen molar-refractivity contribution in [2.75, 3.05) is 11.9 Å². The van der Waals surface area contributed by atoms with Crippen LogP contribution in [-0.4, -0.2) is 18.5 Å².